The molecule has 2 amide bonds. The number of rotatable bonds is 3. The molecule has 4 heteroatoms. The third-order valence-corrected chi connectivity index (χ3v) is 4.34. The van der Waals surface area contributed by atoms with E-state index in [-0.39, 0.29) is 23.7 Å². The lowest BCUT2D eigenvalue weighted by Crippen LogP contribution is -2.43. The van der Waals surface area contributed by atoms with E-state index in [1.807, 2.05) is 6.07 Å². The molecule has 1 aromatic carbocycles. The minimum absolute atomic E-state index is 0.0759. The van der Waals surface area contributed by atoms with Gasteiger partial charge in [0.25, 0.3) is 0 Å². The second-order valence-corrected chi connectivity index (χ2v) is 5.52. The van der Waals surface area contributed by atoms with Gasteiger partial charge in [-0.1, -0.05) is 6.07 Å². The molecule has 0 unspecified atom stereocenters. The standard InChI is InChI=1S/C15H18N2O2/c16-14(18)12-6-7-13(12)15(19)17-11-5-4-9-2-1-3-10(9)8-11/h4-5,8,12-13H,1-3,6-7H2,(H2,16,18)(H,17,19)/t12-,13-/m0/s1. The molecule has 1 saturated carbocycles. The Morgan fingerprint density at radius 2 is 1.84 bits per heavy atom. The van der Waals surface area contributed by atoms with E-state index in [0.717, 1.165) is 31.4 Å². The molecule has 3 rings (SSSR count). The summed E-state index contributed by atoms with van der Waals surface area (Å²) in [6.45, 7) is 0. The van der Waals surface area contributed by atoms with Crippen molar-refractivity contribution >= 4 is 17.5 Å². The molecular weight excluding hydrogens is 240 g/mol. The van der Waals surface area contributed by atoms with Crippen LogP contribution in [-0.2, 0) is 22.4 Å². The monoisotopic (exact) mass is 258 g/mol. The number of hydrogen-bond acceptors (Lipinski definition) is 2. The Labute approximate surface area is 112 Å². The van der Waals surface area contributed by atoms with E-state index >= 15 is 0 Å². The maximum Gasteiger partial charge on any atom is 0.228 e. The minimum Gasteiger partial charge on any atom is -0.369 e. The van der Waals surface area contributed by atoms with Gasteiger partial charge in [-0.2, -0.15) is 0 Å². The van der Waals surface area contributed by atoms with Crippen LogP contribution in [0, 0.1) is 11.8 Å². The van der Waals surface area contributed by atoms with Crippen LogP contribution in [0.5, 0.6) is 0 Å². The first kappa shape index (κ1) is 12.2. The van der Waals surface area contributed by atoms with Crippen molar-refractivity contribution < 1.29 is 9.59 Å². The summed E-state index contributed by atoms with van der Waals surface area (Å²) in [6, 6.07) is 6.09. The van der Waals surface area contributed by atoms with E-state index in [1.54, 1.807) is 0 Å². The number of nitrogens with one attached hydrogen (secondary N) is 1. The number of carbonyl (C=O) groups is 2. The Morgan fingerprint density at radius 1 is 1.11 bits per heavy atom. The number of primary amides is 1. The van der Waals surface area contributed by atoms with Crippen molar-refractivity contribution in [2.75, 3.05) is 5.32 Å². The molecule has 4 nitrogen and oxygen atoms in total. The maximum atomic E-state index is 12.1. The number of aryl methyl sites for hydroxylation is 2. The number of carbonyl (C=O) groups excluding carboxylic acids is 2. The molecule has 0 bridgehead atoms. The summed E-state index contributed by atoms with van der Waals surface area (Å²) in [6.07, 6.45) is 4.91. The first-order valence-corrected chi connectivity index (χ1v) is 6.87. The van der Waals surface area contributed by atoms with Crippen molar-refractivity contribution in [3.8, 4) is 0 Å². The van der Waals surface area contributed by atoms with E-state index in [2.05, 4.69) is 17.4 Å². The van der Waals surface area contributed by atoms with Crippen molar-refractivity contribution in [2.24, 2.45) is 17.6 Å². The summed E-state index contributed by atoms with van der Waals surface area (Å²) < 4.78 is 0. The van der Waals surface area contributed by atoms with Gasteiger partial charge in [-0.15, -0.1) is 0 Å². The third-order valence-electron chi connectivity index (χ3n) is 4.34. The zero-order chi connectivity index (χ0) is 13.4. The summed E-state index contributed by atoms with van der Waals surface area (Å²) >= 11 is 0. The summed E-state index contributed by atoms with van der Waals surface area (Å²) in [5, 5.41) is 2.91. The van der Waals surface area contributed by atoms with Crippen molar-refractivity contribution in [1.29, 1.82) is 0 Å². The number of hydrogen-bond donors (Lipinski definition) is 2. The van der Waals surface area contributed by atoms with E-state index in [0.29, 0.717) is 0 Å². The molecule has 0 aliphatic heterocycles. The van der Waals surface area contributed by atoms with Gasteiger partial charge in [0.05, 0.1) is 0 Å². The van der Waals surface area contributed by atoms with Crippen LogP contribution < -0.4 is 11.1 Å². The van der Waals surface area contributed by atoms with Crippen LogP contribution in [-0.4, -0.2) is 11.8 Å². The summed E-state index contributed by atoms with van der Waals surface area (Å²) in [5.41, 5.74) is 8.83. The predicted octanol–water partition coefficient (Wildman–Crippen LogP) is 1.63. The minimum atomic E-state index is -0.361. The largest absolute Gasteiger partial charge is 0.369 e. The third kappa shape index (κ3) is 2.23. The molecule has 0 spiro atoms. The van der Waals surface area contributed by atoms with Crippen LogP contribution >= 0.6 is 0 Å². The summed E-state index contributed by atoms with van der Waals surface area (Å²) in [7, 11) is 0. The van der Waals surface area contributed by atoms with Gasteiger partial charge in [-0.25, -0.2) is 0 Å². The molecule has 2 atom stereocenters. The zero-order valence-electron chi connectivity index (χ0n) is 10.8. The van der Waals surface area contributed by atoms with Gasteiger partial charge in [-0.05, 0) is 55.4 Å². The maximum absolute atomic E-state index is 12.1. The lowest BCUT2D eigenvalue weighted by molar-refractivity contribution is -0.135. The van der Waals surface area contributed by atoms with Crippen LogP contribution in [0.1, 0.15) is 30.4 Å². The highest BCUT2D eigenvalue weighted by Gasteiger charge is 2.40. The molecule has 0 radical (unpaired) electrons. The average molecular weight is 258 g/mol. The number of benzene rings is 1. The molecule has 2 aliphatic rings. The molecule has 3 N–H and O–H groups in total. The van der Waals surface area contributed by atoms with E-state index < -0.39 is 0 Å². The lowest BCUT2D eigenvalue weighted by Gasteiger charge is -2.32. The number of amides is 2. The molecule has 19 heavy (non-hydrogen) atoms. The van der Waals surface area contributed by atoms with Crippen molar-refractivity contribution in [3.05, 3.63) is 29.3 Å². The molecule has 0 aromatic heterocycles. The molecule has 100 valence electrons. The lowest BCUT2D eigenvalue weighted by atomic mass is 9.72. The normalized spacial score (nSPS) is 24.4. The number of fused-ring (bicyclic) bond motifs is 1. The van der Waals surface area contributed by atoms with Crippen LogP contribution in [0.4, 0.5) is 5.69 Å². The molecule has 0 heterocycles. The Bertz CT molecular complexity index is 539. The van der Waals surface area contributed by atoms with Gasteiger partial charge < -0.3 is 11.1 Å². The second-order valence-electron chi connectivity index (χ2n) is 5.52. The van der Waals surface area contributed by atoms with E-state index in [1.165, 1.54) is 17.5 Å². The Morgan fingerprint density at radius 3 is 2.53 bits per heavy atom. The van der Waals surface area contributed by atoms with Gasteiger partial charge in [0.15, 0.2) is 0 Å². The fourth-order valence-corrected chi connectivity index (χ4v) is 3.04. The van der Waals surface area contributed by atoms with Crippen molar-refractivity contribution in [3.63, 3.8) is 0 Å². The van der Waals surface area contributed by atoms with Crippen LogP contribution in [0.15, 0.2) is 18.2 Å². The Hall–Kier alpha value is -1.84. The Balaban J connectivity index is 1.68. The Kier molecular flexibility index (Phi) is 3.01. The molecule has 1 aromatic rings. The SMILES string of the molecule is NC(=O)[C@H]1CC[C@@H]1C(=O)Nc1ccc2c(c1)CCC2. The molecule has 0 saturated heterocycles. The van der Waals surface area contributed by atoms with Crippen LogP contribution in [0.25, 0.3) is 0 Å². The van der Waals surface area contributed by atoms with Crippen molar-refractivity contribution in [1.82, 2.24) is 0 Å². The number of anilines is 1. The summed E-state index contributed by atoms with van der Waals surface area (Å²) in [5.74, 6) is -0.964. The van der Waals surface area contributed by atoms with Gasteiger partial charge in [0.2, 0.25) is 11.8 Å². The zero-order valence-corrected chi connectivity index (χ0v) is 10.8. The van der Waals surface area contributed by atoms with Gasteiger partial charge in [0, 0.05) is 17.5 Å². The molecule has 2 aliphatic carbocycles. The van der Waals surface area contributed by atoms with Crippen molar-refractivity contribution in [2.45, 2.75) is 32.1 Å². The predicted molar refractivity (Wildman–Crippen MR) is 72.5 cm³/mol. The average Bonchev–Trinajstić information content (AvgIpc) is 2.73. The van der Waals surface area contributed by atoms with Crippen LogP contribution in [0.2, 0.25) is 0 Å². The van der Waals surface area contributed by atoms with Gasteiger partial charge >= 0.3 is 0 Å². The summed E-state index contributed by atoms with van der Waals surface area (Å²) in [4.78, 5) is 23.2. The highest BCUT2D eigenvalue weighted by atomic mass is 16.2. The molecular formula is C15H18N2O2. The second kappa shape index (κ2) is 4.68. The first-order chi connectivity index (χ1) is 9.15. The fraction of sp³-hybridized carbons (Fsp3) is 0.467. The number of nitrogens with two attached hydrogens (primary N) is 1. The highest BCUT2D eigenvalue weighted by molar-refractivity contribution is 5.97. The van der Waals surface area contributed by atoms with E-state index in [9.17, 15) is 9.59 Å². The van der Waals surface area contributed by atoms with E-state index in [4.69, 9.17) is 5.73 Å². The fourth-order valence-electron chi connectivity index (χ4n) is 3.04. The molecule has 1 fully saturated rings. The van der Waals surface area contributed by atoms with Gasteiger partial charge in [0.1, 0.15) is 0 Å². The first-order valence-electron chi connectivity index (χ1n) is 6.87. The topological polar surface area (TPSA) is 72.2 Å². The quantitative estimate of drug-likeness (QED) is 0.864. The van der Waals surface area contributed by atoms with Gasteiger partial charge in [-0.3, -0.25) is 9.59 Å². The van der Waals surface area contributed by atoms with Crippen LogP contribution in [0.3, 0.4) is 0 Å². The smallest absolute Gasteiger partial charge is 0.228 e. The highest BCUT2D eigenvalue weighted by Crippen LogP contribution is 2.35.